The van der Waals surface area contributed by atoms with Gasteiger partial charge in [0, 0.05) is 31.4 Å². The molecule has 0 bridgehead atoms. The van der Waals surface area contributed by atoms with Gasteiger partial charge in [-0.2, -0.15) is 0 Å². The molecule has 0 saturated heterocycles. The molecule has 1 aliphatic heterocycles. The number of anilines is 2. The van der Waals surface area contributed by atoms with Crippen molar-refractivity contribution >= 4 is 23.2 Å². The predicted molar refractivity (Wildman–Crippen MR) is 87.6 cm³/mol. The van der Waals surface area contributed by atoms with E-state index in [1.165, 1.54) is 10.6 Å². The van der Waals surface area contributed by atoms with Crippen LogP contribution < -0.4 is 15.8 Å². The summed E-state index contributed by atoms with van der Waals surface area (Å²) in [5.74, 6) is -0.770. The number of pyridine rings is 1. The van der Waals surface area contributed by atoms with E-state index < -0.39 is 0 Å². The molecule has 118 valence electrons. The van der Waals surface area contributed by atoms with Gasteiger partial charge in [-0.25, -0.2) is 0 Å². The van der Waals surface area contributed by atoms with Gasteiger partial charge < -0.3 is 14.8 Å². The minimum Gasteiger partial charge on any atom is -0.324 e. The van der Waals surface area contributed by atoms with Crippen molar-refractivity contribution in [3.05, 3.63) is 58.5 Å². The summed E-state index contributed by atoms with van der Waals surface area (Å²) in [6.45, 7) is 2.03. The molecule has 0 radical (unpaired) electrons. The number of rotatable bonds is 1. The molecule has 1 aromatic heterocycles. The Hall–Kier alpha value is -2.89. The lowest BCUT2D eigenvalue weighted by molar-refractivity contribution is -0.119. The number of carbonyl (C=O) groups is 2. The van der Waals surface area contributed by atoms with Crippen LogP contribution in [-0.4, -0.2) is 22.9 Å². The monoisotopic (exact) mass is 311 g/mol. The molecule has 0 aliphatic carbocycles. The van der Waals surface area contributed by atoms with Crippen LogP contribution in [0.25, 0.3) is 0 Å². The summed E-state index contributed by atoms with van der Waals surface area (Å²) < 4.78 is 1.40. The number of amides is 2. The van der Waals surface area contributed by atoms with Crippen molar-refractivity contribution in [2.75, 3.05) is 16.8 Å². The summed E-state index contributed by atoms with van der Waals surface area (Å²) in [5, 5.41) is 2.83. The SMILES string of the molecule is C[C@@H]1CN(C(=O)c2ccn(C)c(=O)c2)c2ccccc2NC1=O. The van der Waals surface area contributed by atoms with E-state index in [0.29, 0.717) is 16.9 Å². The number of nitrogens with zero attached hydrogens (tertiary/aromatic N) is 2. The van der Waals surface area contributed by atoms with Gasteiger partial charge in [0.15, 0.2) is 0 Å². The van der Waals surface area contributed by atoms with Crippen molar-refractivity contribution < 1.29 is 9.59 Å². The van der Waals surface area contributed by atoms with E-state index in [1.54, 1.807) is 49.3 Å². The summed E-state index contributed by atoms with van der Waals surface area (Å²) >= 11 is 0. The van der Waals surface area contributed by atoms with Gasteiger partial charge in [0.2, 0.25) is 5.91 Å². The first-order chi connectivity index (χ1) is 11.0. The zero-order chi connectivity index (χ0) is 16.6. The van der Waals surface area contributed by atoms with E-state index >= 15 is 0 Å². The number of aryl methyl sites for hydroxylation is 1. The van der Waals surface area contributed by atoms with Crippen LogP contribution in [0.3, 0.4) is 0 Å². The quantitative estimate of drug-likeness (QED) is 0.870. The van der Waals surface area contributed by atoms with Crippen LogP contribution in [-0.2, 0) is 11.8 Å². The van der Waals surface area contributed by atoms with E-state index in [2.05, 4.69) is 5.32 Å². The number of para-hydroxylation sites is 2. The van der Waals surface area contributed by atoms with Gasteiger partial charge in [-0.05, 0) is 18.2 Å². The van der Waals surface area contributed by atoms with E-state index in [9.17, 15) is 14.4 Å². The van der Waals surface area contributed by atoms with Crippen LogP contribution in [0.15, 0.2) is 47.4 Å². The number of aromatic nitrogens is 1. The molecule has 0 unspecified atom stereocenters. The molecule has 0 spiro atoms. The molecule has 6 heteroatoms. The normalized spacial score (nSPS) is 17.2. The number of fused-ring (bicyclic) bond motifs is 1. The highest BCUT2D eigenvalue weighted by molar-refractivity contribution is 6.10. The molecular formula is C17H17N3O3. The third-order valence-corrected chi connectivity index (χ3v) is 3.95. The highest BCUT2D eigenvalue weighted by atomic mass is 16.2. The Kier molecular flexibility index (Phi) is 3.73. The molecule has 0 fully saturated rings. The van der Waals surface area contributed by atoms with Crippen LogP contribution in [0, 0.1) is 5.92 Å². The Morgan fingerprint density at radius 2 is 1.96 bits per heavy atom. The highest BCUT2D eigenvalue weighted by Crippen LogP contribution is 2.30. The Balaban J connectivity index is 2.06. The zero-order valence-electron chi connectivity index (χ0n) is 12.9. The fourth-order valence-electron chi connectivity index (χ4n) is 2.56. The lowest BCUT2D eigenvalue weighted by Gasteiger charge is -2.23. The number of carbonyl (C=O) groups excluding carboxylic acids is 2. The van der Waals surface area contributed by atoms with Gasteiger partial charge in [-0.1, -0.05) is 19.1 Å². The second kappa shape index (κ2) is 5.72. The lowest BCUT2D eigenvalue weighted by atomic mass is 10.1. The van der Waals surface area contributed by atoms with Crippen LogP contribution in [0.1, 0.15) is 17.3 Å². The standard InChI is InChI=1S/C17H17N3O3/c1-11-10-20(14-6-4-3-5-13(14)18-16(11)22)17(23)12-7-8-19(2)15(21)9-12/h3-9,11H,10H2,1-2H3,(H,18,22)/t11-/m1/s1. The third-order valence-electron chi connectivity index (χ3n) is 3.95. The number of hydrogen-bond donors (Lipinski definition) is 1. The van der Waals surface area contributed by atoms with E-state index in [1.807, 2.05) is 6.07 Å². The topological polar surface area (TPSA) is 71.4 Å². The molecule has 6 nitrogen and oxygen atoms in total. The highest BCUT2D eigenvalue weighted by Gasteiger charge is 2.29. The van der Waals surface area contributed by atoms with Crippen molar-refractivity contribution in [3.8, 4) is 0 Å². The maximum absolute atomic E-state index is 12.9. The number of benzene rings is 1. The van der Waals surface area contributed by atoms with Crippen LogP contribution in [0.5, 0.6) is 0 Å². The summed E-state index contributed by atoms with van der Waals surface area (Å²) in [6.07, 6.45) is 1.56. The van der Waals surface area contributed by atoms with Crippen LogP contribution >= 0.6 is 0 Å². The molecule has 1 atom stereocenters. The molecule has 2 heterocycles. The van der Waals surface area contributed by atoms with Crippen LogP contribution in [0.2, 0.25) is 0 Å². The van der Waals surface area contributed by atoms with Crippen molar-refractivity contribution in [2.24, 2.45) is 13.0 Å². The molecule has 1 N–H and O–H groups in total. The first kappa shape index (κ1) is 15.0. The fourth-order valence-corrected chi connectivity index (χ4v) is 2.56. The van der Waals surface area contributed by atoms with E-state index in [4.69, 9.17) is 0 Å². The maximum Gasteiger partial charge on any atom is 0.258 e. The molecule has 1 aliphatic rings. The minimum absolute atomic E-state index is 0.128. The summed E-state index contributed by atoms with van der Waals surface area (Å²) in [7, 11) is 1.63. The van der Waals surface area contributed by atoms with Gasteiger partial charge in [0.05, 0.1) is 17.3 Å². The lowest BCUT2D eigenvalue weighted by Crippen LogP contribution is -2.36. The van der Waals surface area contributed by atoms with Gasteiger partial charge >= 0.3 is 0 Å². The van der Waals surface area contributed by atoms with Gasteiger partial charge in [-0.3, -0.25) is 14.4 Å². The van der Waals surface area contributed by atoms with Gasteiger partial charge in [0.1, 0.15) is 0 Å². The van der Waals surface area contributed by atoms with Crippen LogP contribution in [0.4, 0.5) is 11.4 Å². The molecule has 2 amide bonds. The average molecular weight is 311 g/mol. The molecule has 3 rings (SSSR count). The number of hydrogen-bond acceptors (Lipinski definition) is 3. The van der Waals surface area contributed by atoms with Crippen molar-refractivity contribution in [3.63, 3.8) is 0 Å². The Morgan fingerprint density at radius 3 is 2.70 bits per heavy atom. The second-order valence-corrected chi connectivity index (χ2v) is 5.69. The molecule has 23 heavy (non-hydrogen) atoms. The largest absolute Gasteiger partial charge is 0.324 e. The van der Waals surface area contributed by atoms with Crippen molar-refractivity contribution in [2.45, 2.75) is 6.92 Å². The smallest absolute Gasteiger partial charge is 0.258 e. The first-order valence-electron chi connectivity index (χ1n) is 7.36. The van der Waals surface area contributed by atoms with Crippen molar-refractivity contribution in [1.82, 2.24) is 4.57 Å². The van der Waals surface area contributed by atoms with E-state index in [0.717, 1.165) is 0 Å². The van der Waals surface area contributed by atoms with Crippen molar-refractivity contribution in [1.29, 1.82) is 0 Å². The molecule has 2 aromatic rings. The molecular weight excluding hydrogens is 294 g/mol. The Morgan fingerprint density at radius 1 is 1.22 bits per heavy atom. The van der Waals surface area contributed by atoms with E-state index in [-0.39, 0.29) is 29.8 Å². The zero-order valence-corrected chi connectivity index (χ0v) is 12.9. The maximum atomic E-state index is 12.9. The first-order valence-corrected chi connectivity index (χ1v) is 7.36. The van der Waals surface area contributed by atoms with Gasteiger partial charge in [0.25, 0.3) is 11.5 Å². The molecule has 1 aromatic carbocycles. The third kappa shape index (κ3) is 2.75. The second-order valence-electron chi connectivity index (χ2n) is 5.69. The summed E-state index contributed by atoms with van der Waals surface area (Å²) in [4.78, 5) is 38.3. The minimum atomic E-state index is -0.349. The van der Waals surface area contributed by atoms with Gasteiger partial charge in [-0.15, -0.1) is 0 Å². The molecule has 0 saturated carbocycles. The fraction of sp³-hybridized carbons (Fsp3) is 0.235. The summed E-state index contributed by atoms with van der Waals surface area (Å²) in [6, 6.07) is 10.1. The predicted octanol–water partition coefficient (Wildman–Crippen LogP) is 1.62. The summed E-state index contributed by atoms with van der Waals surface area (Å²) in [5.41, 5.74) is 1.29. The average Bonchev–Trinajstić information content (AvgIpc) is 2.66. The Bertz CT molecular complexity index is 841. The number of nitrogens with one attached hydrogen (secondary N) is 1. The Labute approximate surface area is 133 Å².